The number of hydrogen-bond acceptors (Lipinski definition) is 4. The van der Waals surface area contributed by atoms with Crippen LogP contribution in [-0.4, -0.2) is 16.0 Å². The Labute approximate surface area is 110 Å². The van der Waals surface area contributed by atoms with Crippen LogP contribution in [0.3, 0.4) is 0 Å². The van der Waals surface area contributed by atoms with E-state index in [4.69, 9.17) is 5.73 Å². The van der Waals surface area contributed by atoms with Gasteiger partial charge in [-0.15, -0.1) is 0 Å². The lowest BCUT2D eigenvalue weighted by Gasteiger charge is -2.23. The van der Waals surface area contributed by atoms with Crippen molar-refractivity contribution in [3.05, 3.63) is 11.8 Å². The van der Waals surface area contributed by atoms with Crippen molar-refractivity contribution in [2.24, 2.45) is 5.92 Å². The molecule has 1 rings (SSSR count). The van der Waals surface area contributed by atoms with Gasteiger partial charge in [-0.3, -0.25) is 0 Å². The third-order valence-electron chi connectivity index (χ3n) is 3.17. The van der Waals surface area contributed by atoms with Crippen LogP contribution in [0.2, 0.25) is 0 Å². The first-order chi connectivity index (χ1) is 8.77. The summed E-state index contributed by atoms with van der Waals surface area (Å²) >= 11 is 0. The number of nitrogens with zero attached hydrogens (tertiary/aromatic N) is 2. The number of alkyl halides is 3. The van der Waals surface area contributed by atoms with Gasteiger partial charge in [0.05, 0.1) is 0 Å². The fourth-order valence-corrected chi connectivity index (χ4v) is 2.03. The number of aromatic nitrogens is 2. The largest absolute Gasteiger partial charge is 0.433 e. The Morgan fingerprint density at radius 2 is 1.84 bits per heavy atom. The van der Waals surface area contributed by atoms with Crippen molar-refractivity contribution in [1.82, 2.24) is 9.97 Å². The van der Waals surface area contributed by atoms with E-state index >= 15 is 0 Å². The van der Waals surface area contributed by atoms with E-state index in [9.17, 15) is 13.2 Å². The lowest BCUT2D eigenvalue weighted by molar-refractivity contribution is -0.141. The van der Waals surface area contributed by atoms with Gasteiger partial charge in [0.1, 0.15) is 5.82 Å². The average molecular weight is 276 g/mol. The van der Waals surface area contributed by atoms with Crippen LogP contribution < -0.4 is 11.1 Å². The summed E-state index contributed by atoms with van der Waals surface area (Å²) in [5, 5.41) is 2.97. The van der Waals surface area contributed by atoms with Gasteiger partial charge in [0, 0.05) is 12.1 Å². The molecular weight excluding hydrogens is 257 g/mol. The average Bonchev–Trinajstić information content (AvgIpc) is 2.28. The monoisotopic (exact) mass is 276 g/mol. The van der Waals surface area contributed by atoms with Gasteiger partial charge < -0.3 is 11.1 Å². The molecule has 0 saturated carbocycles. The summed E-state index contributed by atoms with van der Waals surface area (Å²) in [5.74, 6) is 0.0961. The summed E-state index contributed by atoms with van der Waals surface area (Å²) in [6.45, 7) is 6.01. The van der Waals surface area contributed by atoms with Crippen LogP contribution in [0.15, 0.2) is 6.07 Å². The van der Waals surface area contributed by atoms with Crippen molar-refractivity contribution in [2.75, 3.05) is 11.1 Å². The first-order valence-corrected chi connectivity index (χ1v) is 6.26. The van der Waals surface area contributed by atoms with Gasteiger partial charge in [0.15, 0.2) is 5.69 Å². The Morgan fingerprint density at radius 3 is 2.32 bits per heavy atom. The third kappa shape index (κ3) is 4.25. The van der Waals surface area contributed by atoms with Crippen molar-refractivity contribution in [3.63, 3.8) is 0 Å². The minimum absolute atomic E-state index is 0.0189. The summed E-state index contributed by atoms with van der Waals surface area (Å²) in [6.07, 6.45) is -2.64. The summed E-state index contributed by atoms with van der Waals surface area (Å²) in [4.78, 5) is 6.99. The number of rotatable bonds is 5. The molecule has 4 nitrogen and oxygen atoms in total. The molecule has 0 spiro atoms. The minimum atomic E-state index is -4.52. The van der Waals surface area contributed by atoms with Crippen LogP contribution in [-0.2, 0) is 6.18 Å². The molecule has 3 N–H and O–H groups in total. The molecule has 7 heteroatoms. The van der Waals surface area contributed by atoms with Gasteiger partial charge in [-0.1, -0.05) is 26.7 Å². The maximum absolute atomic E-state index is 12.6. The number of nitrogens with two attached hydrogens (primary N) is 1. The molecule has 0 bridgehead atoms. The van der Waals surface area contributed by atoms with E-state index in [0.29, 0.717) is 5.92 Å². The van der Waals surface area contributed by atoms with Crippen LogP contribution >= 0.6 is 0 Å². The molecule has 0 fully saturated rings. The molecule has 1 unspecified atom stereocenters. The van der Waals surface area contributed by atoms with Crippen molar-refractivity contribution in [3.8, 4) is 0 Å². The summed E-state index contributed by atoms with van der Waals surface area (Å²) in [7, 11) is 0. The van der Waals surface area contributed by atoms with Crippen molar-refractivity contribution < 1.29 is 13.2 Å². The smallest absolute Gasteiger partial charge is 0.368 e. The molecule has 0 aliphatic carbocycles. The second-order valence-electron chi connectivity index (χ2n) is 4.50. The fraction of sp³-hybridized carbons (Fsp3) is 0.667. The maximum atomic E-state index is 12.6. The third-order valence-corrected chi connectivity index (χ3v) is 3.17. The van der Waals surface area contributed by atoms with Crippen molar-refractivity contribution >= 4 is 11.8 Å². The molecule has 19 heavy (non-hydrogen) atoms. The van der Waals surface area contributed by atoms with Crippen molar-refractivity contribution in [2.45, 2.75) is 45.8 Å². The zero-order valence-corrected chi connectivity index (χ0v) is 11.3. The van der Waals surface area contributed by atoms with E-state index in [0.717, 1.165) is 18.9 Å². The van der Waals surface area contributed by atoms with E-state index < -0.39 is 11.9 Å². The van der Waals surface area contributed by atoms with Gasteiger partial charge >= 0.3 is 6.18 Å². The number of anilines is 2. The molecule has 0 amide bonds. The zero-order valence-electron chi connectivity index (χ0n) is 11.3. The van der Waals surface area contributed by atoms with Crippen LogP contribution in [0.4, 0.5) is 24.9 Å². The highest BCUT2D eigenvalue weighted by Gasteiger charge is 2.33. The number of halogens is 3. The Kier molecular flexibility index (Phi) is 4.97. The normalized spacial score (nSPS) is 13.6. The fourth-order valence-electron chi connectivity index (χ4n) is 2.03. The van der Waals surface area contributed by atoms with E-state index in [1.54, 1.807) is 0 Å². The number of hydrogen-bond donors (Lipinski definition) is 2. The molecule has 1 atom stereocenters. The predicted octanol–water partition coefficient (Wildman–Crippen LogP) is 3.31. The highest BCUT2D eigenvalue weighted by atomic mass is 19.4. The molecule has 1 aromatic heterocycles. The first-order valence-electron chi connectivity index (χ1n) is 6.26. The van der Waals surface area contributed by atoms with Gasteiger partial charge in [-0.05, 0) is 12.8 Å². The molecule has 0 radical (unpaired) electrons. The van der Waals surface area contributed by atoms with Crippen LogP contribution in [0.1, 0.15) is 39.3 Å². The van der Waals surface area contributed by atoms with Crippen molar-refractivity contribution in [1.29, 1.82) is 0 Å². The van der Waals surface area contributed by atoms with Gasteiger partial charge in [-0.2, -0.15) is 18.2 Å². The van der Waals surface area contributed by atoms with E-state index in [1.165, 1.54) is 0 Å². The van der Waals surface area contributed by atoms with E-state index in [-0.39, 0.29) is 17.8 Å². The van der Waals surface area contributed by atoms with Crippen LogP contribution in [0, 0.1) is 5.92 Å². The van der Waals surface area contributed by atoms with Gasteiger partial charge in [-0.25, -0.2) is 4.98 Å². The molecule has 0 aliphatic rings. The highest BCUT2D eigenvalue weighted by molar-refractivity contribution is 5.42. The van der Waals surface area contributed by atoms with Crippen LogP contribution in [0.25, 0.3) is 0 Å². The topological polar surface area (TPSA) is 63.8 Å². The second-order valence-corrected chi connectivity index (χ2v) is 4.50. The van der Waals surface area contributed by atoms with Gasteiger partial charge in [0.25, 0.3) is 0 Å². The summed E-state index contributed by atoms with van der Waals surface area (Å²) < 4.78 is 37.8. The molecule has 0 aliphatic heterocycles. The molecule has 1 heterocycles. The summed E-state index contributed by atoms with van der Waals surface area (Å²) in [6, 6.07) is 0.903. The van der Waals surface area contributed by atoms with Crippen LogP contribution in [0.5, 0.6) is 0 Å². The lowest BCUT2D eigenvalue weighted by atomic mass is 9.95. The van der Waals surface area contributed by atoms with Gasteiger partial charge in [0.2, 0.25) is 5.95 Å². The Balaban J connectivity index is 2.93. The Morgan fingerprint density at radius 1 is 1.26 bits per heavy atom. The molecule has 0 saturated heterocycles. The standard InChI is InChI=1S/C12H19F3N4/c1-4-8(5-2)7(3)17-10-6-9(12(13,14)15)18-11(16)19-10/h6-8H,4-5H2,1-3H3,(H3,16,17,18,19). The maximum Gasteiger partial charge on any atom is 0.433 e. The molecule has 108 valence electrons. The number of nitrogen functional groups attached to an aromatic ring is 1. The number of nitrogens with one attached hydrogen (secondary N) is 1. The predicted molar refractivity (Wildman–Crippen MR) is 68.6 cm³/mol. The zero-order chi connectivity index (χ0) is 14.6. The molecule has 1 aromatic rings. The molecule has 0 aromatic carbocycles. The second kappa shape index (κ2) is 6.08. The first kappa shape index (κ1) is 15.5. The summed E-state index contributed by atoms with van der Waals surface area (Å²) in [5.41, 5.74) is 4.28. The highest BCUT2D eigenvalue weighted by Crippen LogP contribution is 2.29. The minimum Gasteiger partial charge on any atom is -0.368 e. The SMILES string of the molecule is CCC(CC)C(C)Nc1cc(C(F)(F)F)nc(N)n1. The Bertz CT molecular complexity index is 416. The quantitative estimate of drug-likeness (QED) is 0.866. The Hall–Kier alpha value is -1.53. The molecular formula is C12H19F3N4. The van der Waals surface area contributed by atoms with E-state index in [1.807, 2.05) is 20.8 Å². The lowest BCUT2D eigenvalue weighted by Crippen LogP contribution is -2.26. The van der Waals surface area contributed by atoms with E-state index in [2.05, 4.69) is 15.3 Å².